The molecule has 0 fully saturated rings. The van der Waals surface area contributed by atoms with E-state index < -0.39 is 0 Å². The predicted molar refractivity (Wildman–Crippen MR) is 72.9 cm³/mol. The number of nitrogens with one attached hydrogen (secondary N) is 1. The molecule has 0 aliphatic heterocycles. The minimum absolute atomic E-state index is 0. The van der Waals surface area contributed by atoms with E-state index in [0.29, 0.717) is 0 Å². The second kappa shape index (κ2) is 19.3. The van der Waals surface area contributed by atoms with Gasteiger partial charge in [0.25, 0.3) is 0 Å². The van der Waals surface area contributed by atoms with E-state index in [4.69, 9.17) is 5.11 Å². The third kappa shape index (κ3) is 19.4. The van der Waals surface area contributed by atoms with Gasteiger partial charge in [0, 0.05) is 6.54 Å². The molecule has 0 aliphatic carbocycles. The van der Waals surface area contributed by atoms with Crippen LogP contribution >= 0.6 is 0 Å². The summed E-state index contributed by atoms with van der Waals surface area (Å²) in [5.74, 6) is 0. The molecule has 0 bridgehead atoms. The first kappa shape index (κ1) is 20.2. The van der Waals surface area contributed by atoms with E-state index in [0.717, 1.165) is 13.1 Å². The molecule has 0 saturated carbocycles. The first-order valence-electron chi connectivity index (χ1n) is 7.23. The number of aliphatic hydroxyl groups excluding tert-OH is 1. The third-order valence-corrected chi connectivity index (χ3v) is 3.00. The summed E-state index contributed by atoms with van der Waals surface area (Å²) in [5, 5.41) is 11.8. The first-order chi connectivity index (χ1) is 7.91. The summed E-state index contributed by atoms with van der Waals surface area (Å²) < 4.78 is 0. The van der Waals surface area contributed by atoms with Crippen molar-refractivity contribution in [2.24, 2.45) is 0 Å². The quantitative estimate of drug-likeness (QED) is 0.372. The maximum absolute atomic E-state index is 8.57. The molecule has 0 amide bonds. The molecular weight excluding hydrogens is 221 g/mol. The topological polar surface area (TPSA) is 32.3 Å². The molecule has 0 atom stereocenters. The Kier molecular flexibility index (Phi) is 22.9. The Morgan fingerprint density at radius 1 is 0.765 bits per heavy atom. The number of rotatable bonds is 13. The smallest absolute Gasteiger partial charge is 1.00 e. The zero-order valence-corrected chi connectivity index (χ0v) is 14.1. The number of unbranched alkanes of at least 4 members (excludes halogenated alkanes) is 9. The zero-order chi connectivity index (χ0) is 11.9. The summed E-state index contributed by atoms with van der Waals surface area (Å²) in [4.78, 5) is 0. The van der Waals surface area contributed by atoms with Gasteiger partial charge in [-0.3, -0.25) is 0 Å². The molecule has 0 aromatic heterocycles. The van der Waals surface area contributed by atoms with E-state index in [2.05, 4.69) is 12.2 Å². The van der Waals surface area contributed by atoms with Crippen LogP contribution in [0.2, 0.25) is 0 Å². The van der Waals surface area contributed by atoms with Gasteiger partial charge in [0.1, 0.15) is 0 Å². The molecule has 0 aromatic rings. The number of aliphatic hydroxyl groups is 1. The standard InChI is InChI=1S/C14H31NO.Na.H/c1-2-3-4-5-6-7-8-9-10-11-12-15-13-14-16;;/h15-16H,2-14H2,1H3;;/q;+1;-1. The Labute approximate surface area is 132 Å². The monoisotopic (exact) mass is 253 g/mol. The molecule has 3 heteroatoms. The van der Waals surface area contributed by atoms with Crippen molar-refractivity contribution in [2.45, 2.75) is 71.1 Å². The van der Waals surface area contributed by atoms with Crippen LogP contribution in [0.15, 0.2) is 0 Å². The van der Waals surface area contributed by atoms with Crippen molar-refractivity contribution in [3.8, 4) is 0 Å². The summed E-state index contributed by atoms with van der Waals surface area (Å²) in [6.45, 7) is 4.34. The van der Waals surface area contributed by atoms with Crippen molar-refractivity contribution < 1.29 is 36.1 Å². The fourth-order valence-corrected chi connectivity index (χ4v) is 1.94. The van der Waals surface area contributed by atoms with Crippen LogP contribution in [0.5, 0.6) is 0 Å². The first-order valence-corrected chi connectivity index (χ1v) is 7.23. The van der Waals surface area contributed by atoms with Crippen LogP contribution in [0.3, 0.4) is 0 Å². The largest absolute Gasteiger partial charge is 1.00 e. The Morgan fingerprint density at radius 2 is 1.24 bits per heavy atom. The fourth-order valence-electron chi connectivity index (χ4n) is 1.94. The Bertz CT molecular complexity index is 114. The van der Waals surface area contributed by atoms with E-state index in [1.54, 1.807) is 0 Å². The van der Waals surface area contributed by atoms with Crippen LogP contribution in [0, 0.1) is 0 Å². The summed E-state index contributed by atoms with van der Waals surface area (Å²) in [6, 6.07) is 0. The van der Waals surface area contributed by atoms with Crippen molar-refractivity contribution >= 4 is 0 Å². The van der Waals surface area contributed by atoms with Crippen molar-refractivity contribution in [1.82, 2.24) is 5.32 Å². The van der Waals surface area contributed by atoms with Gasteiger partial charge in [-0.2, -0.15) is 0 Å². The average molecular weight is 253 g/mol. The second-order valence-corrected chi connectivity index (χ2v) is 4.66. The molecule has 2 N–H and O–H groups in total. The van der Waals surface area contributed by atoms with Gasteiger partial charge in [-0.1, -0.05) is 64.7 Å². The Hall–Kier alpha value is 0.920. The van der Waals surface area contributed by atoms with Crippen molar-refractivity contribution in [3.05, 3.63) is 0 Å². The van der Waals surface area contributed by atoms with E-state index in [9.17, 15) is 0 Å². The zero-order valence-electron chi connectivity index (χ0n) is 13.1. The Balaban J connectivity index is -0.00000112. The summed E-state index contributed by atoms with van der Waals surface area (Å²) in [5.41, 5.74) is 0. The summed E-state index contributed by atoms with van der Waals surface area (Å²) in [7, 11) is 0. The molecule has 0 aromatic carbocycles. The Morgan fingerprint density at radius 3 is 1.71 bits per heavy atom. The van der Waals surface area contributed by atoms with Crippen molar-refractivity contribution in [2.75, 3.05) is 19.7 Å². The van der Waals surface area contributed by atoms with Gasteiger partial charge >= 0.3 is 29.6 Å². The van der Waals surface area contributed by atoms with Gasteiger partial charge in [-0.05, 0) is 13.0 Å². The second-order valence-electron chi connectivity index (χ2n) is 4.66. The van der Waals surface area contributed by atoms with Crippen molar-refractivity contribution in [3.63, 3.8) is 0 Å². The summed E-state index contributed by atoms with van der Waals surface area (Å²) >= 11 is 0. The van der Waals surface area contributed by atoms with E-state index in [1.807, 2.05) is 0 Å². The average Bonchev–Trinajstić information content (AvgIpc) is 2.31. The van der Waals surface area contributed by atoms with Gasteiger partial charge in [-0.15, -0.1) is 0 Å². The molecule has 0 rings (SSSR count). The minimum atomic E-state index is 0. The van der Waals surface area contributed by atoms with Crippen LogP contribution in [0.1, 0.15) is 72.6 Å². The van der Waals surface area contributed by atoms with Crippen LogP contribution in [0.4, 0.5) is 0 Å². The summed E-state index contributed by atoms with van der Waals surface area (Å²) in [6.07, 6.45) is 13.9. The molecule has 0 radical (unpaired) electrons. The molecule has 2 nitrogen and oxygen atoms in total. The number of hydrogen-bond acceptors (Lipinski definition) is 2. The van der Waals surface area contributed by atoms with Crippen LogP contribution in [0.25, 0.3) is 0 Å². The fraction of sp³-hybridized carbons (Fsp3) is 1.00. The van der Waals surface area contributed by atoms with Gasteiger partial charge in [0.05, 0.1) is 6.61 Å². The number of hydrogen-bond donors (Lipinski definition) is 2. The van der Waals surface area contributed by atoms with Gasteiger partial charge in [-0.25, -0.2) is 0 Å². The van der Waals surface area contributed by atoms with E-state index in [-0.39, 0.29) is 37.6 Å². The van der Waals surface area contributed by atoms with Crippen LogP contribution in [-0.2, 0) is 0 Å². The molecule has 0 heterocycles. The molecule has 0 unspecified atom stereocenters. The van der Waals surface area contributed by atoms with Gasteiger partial charge < -0.3 is 11.8 Å². The van der Waals surface area contributed by atoms with E-state index in [1.165, 1.54) is 64.2 Å². The van der Waals surface area contributed by atoms with Crippen LogP contribution in [-0.4, -0.2) is 24.8 Å². The van der Waals surface area contributed by atoms with Gasteiger partial charge in [0.2, 0.25) is 0 Å². The minimum Gasteiger partial charge on any atom is -1.00 e. The SMILES string of the molecule is CCCCCCCCCCCCNCCO.[H-].[Na+]. The maximum atomic E-state index is 8.57. The molecule has 0 spiro atoms. The van der Waals surface area contributed by atoms with Crippen molar-refractivity contribution in [1.29, 1.82) is 0 Å². The van der Waals surface area contributed by atoms with Crippen LogP contribution < -0.4 is 34.9 Å². The van der Waals surface area contributed by atoms with Gasteiger partial charge in [0.15, 0.2) is 0 Å². The molecular formula is C14H32NNaO. The predicted octanol–water partition coefficient (Wildman–Crippen LogP) is 0.606. The molecule has 0 aliphatic rings. The molecule has 0 saturated heterocycles. The molecule has 17 heavy (non-hydrogen) atoms. The maximum Gasteiger partial charge on any atom is 1.00 e. The van der Waals surface area contributed by atoms with E-state index >= 15 is 0 Å². The molecule has 100 valence electrons. The normalized spacial score (nSPS) is 10.2. The third-order valence-electron chi connectivity index (χ3n) is 3.00.